The Morgan fingerprint density at radius 1 is 1.22 bits per heavy atom. The molecule has 2 rings (SSSR count). The molecule has 2 unspecified atom stereocenters. The molecule has 0 bridgehead atoms. The molecular weight excluding hydrogens is 290 g/mol. The van der Waals surface area contributed by atoms with Gasteiger partial charge in [0.15, 0.2) is 0 Å². The van der Waals surface area contributed by atoms with E-state index >= 15 is 0 Å². The van der Waals surface area contributed by atoms with Crippen LogP contribution in [-0.2, 0) is 4.79 Å². The number of benzene rings is 1. The molecule has 1 aliphatic rings. The third kappa shape index (κ3) is 2.37. The van der Waals surface area contributed by atoms with E-state index in [1.54, 1.807) is 4.90 Å². The van der Waals surface area contributed by atoms with Crippen molar-refractivity contribution in [2.24, 2.45) is 17.8 Å². The zero-order chi connectivity index (χ0) is 13.3. The van der Waals surface area contributed by atoms with Crippen LogP contribution in [0.1, 0.15) is 20.8 Å². The first-order valence-electron chi connectivity index (χ1n) is 6.27. The highest BCUT2D eigenvalue weighted by Gasteiger charge is 2.36. The highest BCUT2D eigenvalue weighted by Crippen LogP contribution is 2.38. The number of nitrogens with zero attached hydrogens (tertiary/aromatic N) is 1. The lowest BCUT2D eigenvalue weighted by Crippen LogP contribution is -2.40. The van der Waals surface area contributed by atoms with Crippen molar-refractivity contribution in [2.45, 2.75) is 20.8 Å². The smallest absolute Gasteiger partial charge is 0.234 e. The van der Waals surface area contributed by atoms with Gasteiger partial charge in [-0.25, -0.2) is 0 Å². The normalized spacial score (nSPS) is 24.4. The van der Waals surface area contributed by atoms with E-state index in [0.29, 0.717) is 5.92 Å². The van der Waals surface area contributed by atoms with Crippen LogP contribution in [0.5, 0.6) is 0 Å². The largest absolute Gasteiger partial charge is 0.287 e. The van der Waals surface area contributed by atoms with Crippen LogP contribution in [-0.4, -0.2) is 5.91 Å². The van der Waals surface area contributed by atoms with Crippen LogP contribution in [0.15, 0.2) is 41.0 Å². The van der Waals surface area contributed by atoms with Gasteiger partial charge in [0.1, 0.15) is 0 Å². The van der Waals surface area contributed by atoms with Crippen molar-refractivity contribution in [3.05, 3.63) is 41.0 Å². The second-order valence-corrected chi connectivity index (χ2v) is 6.03. The predicted octanol–water partition coefficient (Wildman–Crippen LogP) is 4.18. The Kier molecular flexibility index (Phi) is 3.91. The average Bonchev–Trinajstić information content (AvgIpc) is 2.34. The molecule has 0 saturated heterocycles. The monoisotopic (exact) mass is 307 g/mol. The maximum atomic E-state index is 12.4. The van der Waals surface area contributed by atoms with Gasteiger partial charge in [-0.05, 0) is 18.1 Å². The third-order valence-electron chi connectivity index (χ3n) is 3.49. The fourth-order valence-corrected chi connectivity index (χ4v) is 3.70. The number of rotatable bonds is 2. The van der Waals surface area contributed by atoms with E-state index in [1.165, 1.54) is 0 Å². The van der Waals surface area contributed by atoms with Crippen LogP contribution in [0.25, 0.3) is 0 Å². The highest BCUT2D eigenvalue weighted by molar-refractivity contribution is 9.11. The van der Waals surface area contributed by atoms with Gasteiger partial charge >= 0.3 is 0 Å². The number of carbonyl (C=O) groups excluding carboxylic acids is 1. The van der Waals surface area contributed by atoms with Crippen molar-refractivity contribution in [3.8, 4) is 0 Å². The van der Waals surface area contributed by atoms with Gasteiger partial charge in [0.2, 0.25) is 5.91 Å². The Morgan fingerprint density at radius 2 is 1.83 bits per heavy atom. The Hall–Kier alpha value is -1.09. The van der Waals surface area contributed by atoms with Gasteiger partial charge in [0, 0.05) is 28.2 Å². The number of allylic oxidation sites excluding steroid dienone is 1. The molecule has 96 valence electrons. The van der Waals surface area contributed by atoms with Gasteiger partial charge in [-0.15, -0.1) is 0 Å². The van der Waals surface area contributed by atoms with Crippen molar-refractivity contribution in [1.82, 2.24) is 0 Å². The van der Waals surface area contributed by atoms with Crippen molar-refractivity contribution in [2.75, 3.05) is 4.90 Å². The minimum absolute atomic E-state index is 0.00424. The van der Waals surface area contributed by atoms with Gasteiger partial charge in [-0.2, -0.15) is 0 Å². The molecule has 0 aromatic heterocycles. The van der Waals surface area contributed by atoms with Gasteiger partial charge in [0.25, 0.3) is 0 Å². The molecule has 0 fully saturated rings. The van der Waals surface area contributed by atoms with Crippen LogP contribution < -0.4 is 4.90 Å². The summed E-state index contributed by atoms with van der Waals surface area (Å²) in [5, 5.41) is 0. The second-order valence-electron chi connectivity index (χ2n) is 5.12. The van der Waals surface area contributed by atoms with Crippen LogP contribution >= 0.6 is 15.9 Å². The lowest BCUT2D eigenvalue weighted by Gasteiger charge is -2.35. The number of para-hydroxylation sites is 1. The Balaban J connectivity index is 2.38. The van der Waals surface area contributed by atoms with Crippen molar-refractivity contribution in [3.63, 3.8) is 0 Å². The quantitative estimate of drug-likeness (QED) is 0.802. The fraction of sp³-hybridized carbons (Fsp3) is 0.400. The fourth-order valence-electron chi connectivity index (χ4n) is 2.57. The van der Waals surface area contributed by atoms with Crippen LogP contribution in [0, 0.1) is 17.8 Å². The van der Waals surface area contributed by atoms with Gasteiger partial charge in [-0.1, -0.05) is 54.9 Å². The number of hydrogen-bond acceptors (Lipinski definition) is 1. The molecule has 0 N–H and O–H groups in total. The number of hydrogen-bond donors (Lipinski definition) is 0. The van der Waals surface area contributed by atoms with Crippen LogP contribution in [0.3, 0.4) is 0 Å². The summed E-state index contributed by atoms with van der Waals surface area (Å²) in [7, 11) is 0. The zero-order valence-corrected chi connectivity index (χ0v) is 12.5. The van der Waals surface area contributed by atoms with Crippen LogP contribution in [0.4, 0.5) is 5.69 Å². The summed E-state index contributed by atoms with van der Waals surface area (Å²) in [6.07, 6.45) is 1.92. The number of carbonyl (C=O) groups is 1. The third-order valence-corrected chi connectivity index (χ3v) is 4.22. The standard InChI is InChI=1S/C15H18BrNO/c1-10(2)14-11(3)15(18)17(9-13(14)16)12-7-5-4-6-8-12/h4-11,14H,1-3H3. The highest BCUT2D eigenvalue weighted by atomic mass is 79.9. The molecule has 1 amide bonds. The van der Waals surface area contributed by atoms with E-state index in [9.17, 15) is 4.79 Å². The second kappa shape index (κ2) is 5.27. The number of amides is 1. The Labute approximate surface area is 117 Å². The van der Waals surface area contributed by atoms with E-state index < -0.39 is 0 Å². The molecule has 0 spiro atoms. The van der Waals surface area contributed by atoms with Gasteiger partial charge in [-0.3, -0.25) is 9.69 Å². The number of halogens is 1. The van der Waals surface area contributed by atoms with Crippen LogP contribution in [0.2, 0.25) is 0 Å². The first-order chi connectivity index (χ1) is 8.52. The summed E-state index contributed by atoms with van der Waals surface area (Å²) in [5.41, 5.74) is 0.925. The first kappa shape index (κ1) is 13.3. The molecule has 2 atom stereocenters. The first-order valence-corrected chi connectivity index (χ1v) is 7.07. The Bertz CT molecular complexity index is 467. The molecule has 0 saturated carbocycles. The molecule has 1 aromatic carbocycles. The average molecular weight is 308 g/mol. The van der Waals surface area contributed by atoms with Gasteiger partial charge < -0.3 is 0 Å². The molecule has 0 aliphatic carbocycles. The number of anilines is 1. The van der Waals surface area contributed by atoms with E-state index in [1.807, 2.05) is 43.5 Å². The van der Waals surface area contributed by atoms with Crippen molar-refractivity contribution < 1.29 is 4.79 Å². The predicted molar refractivity (Wildman–Crippen MR) is 78.4 cm³/mol. The van der Waals surface area contributed by atoms with Crippen molar-refractivity contribution in [1.29, 1.82) is 0 Å². The maximum Gasteiger partial charge on any atom is 0.234 e. The molecule has 0 radical (unpaired) electrons. The zero-order valence-electron chi connectivity index (χ0n) is 10.9. The molecule has 2 nitrogen and oxygen atoms in total. The van der Waals surface area contributed by atoms with E-state index in [4.69, 9.17) is 0 Å². The van der Waals surface area contributed by atoms with Crippen molar-refractivity contribution >= 4 is 27.5 Å². The summed E-state index contributed by atoms with van der Waals surface area (Å²) in [4.78, 5) is 14.2. The lowest BCUT2D eigenvalue weighted by atomic mass is 9.81. The summed E-state index contributed by atoms with van der Waals surface area (Å²) in [5.74, 6) is 0.901. The molecular formula is C15H18BrNO. The summed E-state index contributed by atoms with van der Waals surface area (Å²) in [6, 6.07) is 9.76. The van der Waals surface area contributed by atoms with E-state index in [0.717, 1.165) is 10.2 Å². The molecule has 3 heteroatoms. The molecule has 18 heavy (non-hydrogen) atoms. The summed E-state index contributed by atoms with van der Waals surface area (Å²) < 4.78 is 1.11. The van der Waals surface area contributed by atoms with Gasteiger partial charge in [0.05, 0.1) is 0 Å². The summed E-state index contributed by atoms with van der Waals surface area (Å²) in [6.45, 7) is 6.32. The topological polar surface area (TPSA) is 20.3 Å². The Morgan fingerprint density at radius 3 is 2.39 bits per heavy atom. The molecule has 1 heterocycles. The van der Waals surface area contributed by atoms with E-state index in [2.05, 4.69) is 29.8 Å². The summed E-state index contributed by atoms with van der Waals surface area (Å²) >= 11 is 3.63. The molecule has 1 aliphatic heterocycles. The molecule has 1 aromatic rings. The minimum Gasteiger partial charge on any atom is -0.287 e. The lowest BCUT2D eigenvalue weighted by molar-refractivity contribution is -0.123. The minimum atomic E-state index is 0.00424. The maximum absolute atomic E-state index is 12.4. The SMILES string of the molecule is CC(C)C1C(Br)=CN(c2ccccc2)C(=O)C1C. The van der Waals surface area contributed by atoms with E-state index in [-0.39, 0.29) is 17.7 Å².